The van der Waals surface area contributed by atoms with Crippen LogP contribution in [-0.2, 0) is 5.41 Å². The maximum absolute atomic E-state index is 6.07. The van der Waals surface area contributed by atoms with Crippen molar-refractivity contribution in [1.29, 1.82) is 0 Å². The summed E-state index contributed by atoms with van der Waals surface area (Å²) < 4.78 is 0. The van der Waals surface area contributed by atoms with Crippen LogP contribution in [-0.4, -0.2) is 6.54 Å². The minimum Gasteiger partial charge on any atom is -0.330 e. The minimum absolute atomic E-state index is 0.249. The van der Waals surface area contributed by atoms with E-state index in [9.17, 15) is 0 Å². The van der Waals surface area contributed by atoms with Crippen molar-refractivity contribution < 1.29 is 0 Å². The molecule has 1 aliphatic carbocycles. The van der Waals surface area contributed by atoms with Crippen molar-refractivity contribution in [2.75, 3.05) is 6.54 Å². The molecule has 1 fully saturated rings. The summed E-state index contributed by atoms with van der Waals surface area (Å²) in [6.07, 6.45) is 5.15. The highest BCUT2D eigenvalue weighted by Gasteiger charge is 2.34. The second-order valence-electron chi connectivity index (χ2n) is 5.76. The van der Waals surface area contributed by atoms with Gasteiger partial charge in [-0.2, -0.15) is 0 Å². The summed E-state index contributed by atoms with van der Waals surface area (Å²) in [6, 6.07) is 13.6. The fourth-order valence-electron chi connectivity index (χ4n) is 3.36. The smallest absolute Gasteiger partial charge is 0.00757 e. The summed E-state index contributed by atoms with van der Waals surface area (Å²) in [6.45, 7) is 2.93. The topological polar surface area (TPSA) is 26.0 Å². The second kappa shape index (κ2) is 4.40. The van der Waals surface area contributed by atoms with Crippen LogP contribution in [0.1, 0.15) is 36.8 Å². The molecule has 0 aromatic heterocycles. The second-order valence-corrected chi connectivity index (χ2v) is 5.76. The molecule has 18 heavy (non-hydrogen) atoms. The maximum atomic E-state index is 6.07. The Balaban J connectivity index is 2.10. The van der Waals surface area contributed by atoms with Crippen molar-refractivity contribution in [2.24, 2.45) is 5.73 Å². The van der Waals surface area contributed by atoms with Gasteiger partial charge in [0.1, 0.15) is 0 Å². The Kier molecular flexibility index (Phi) is 2.87. The summed E-state index contributed by atoms with van der Waals surface area (Å²) in [5.41, 5.74) is 9.09. The van der Waals surface area contributed by atoms with Gasteiger partial charge in [-0.05, 0) is 36.1 Å². The Morgan fingerprint density at radius 2 is 1.67 bits per heavy atom. The summed E-state index contributed by atoms with van der Waals surface area (Å²) in [5, 5.41) is 2.68. The lowest BCUT2D eigenvalue weighted by Crippen LogP contribution is -2.31. The van der Waals surface area contributed by atoms with E-state index in [1.165, 1.54) is 47.6 Å². The lowest BCUT2D eigenvalue weighted by atomic mass is 9.78. The van der Waals surface area contributed by atoms with E-state index in [1.54, 1.807) is 0 Å². The van der Waals surface area contributed by atoms with Gasteiger partial charge in [0.05, 0.1) is 0 Å². The lowest BCUT2D eigenvalue weighted by molar-refractivity contribution is 0.453. The number of rotatable bonds is 2. The molecule has 0 unspecified atom stereocenters. The van der Waals surface area contributed by atoms with E-state index in [0.29, 0.717) is 0 Å². The zero-order valence-corrected chi connectivity index (χ0v) is 11.1. The molecule has 2 aromatic carbocycles. The molecule has 0 atom stereocenters. The SMILES string of the molecule is Cc1ccc2cc(C3(CN)CCCC3)ccc2c1. The fourth-order valence-corrected chi connectivity index (χ4v) is 3.36. The van der Waals surface area contributed by atoms with Crippen LogP contribution in [0.3, 0.4) is 0 Å². The van der Waals surface area contributed by atoms with E-state index in [-0.39, 0.29) is 5.41 Å². The van der Waals surface area contributed by atoms with E-state index in [2.05, 4.69) is 43.3 Å². The largest absolute Gasteiger partial charge is 0.330 e. The number of aryl methyl sites for hydroxylation is 1. The molecule has 1 aliphatic rings. The Labute approximate surface area is 109 Å². The quantitative estimate of drug-likeness (QED) is 0.844. The first-order chi connectivity index (χ1) is 8.73. The molecule has 0 radical (unpaired) electrons. The Bertz CT molecular complexity index is 565. The summed E-state index contributed by atoms with van der Waals surface area (Å²) >= 11 is 0. The van der Waals surface area contributed by atoms with Gasteiger partial charge in [-0.3, -0.25) is 0 Å². The highest BCUT2D eigenvalue weighted by molar-refractivity contribution is 5.84. The van der Waals surface area contributed by atoms with Gasteiger partial charge in [0.25, 0.3) is 0 Å². The molecule has 1 heteroatoms. The van der Waals surface area contributed by atoms with Crippen LogP contribution < -0.4 is 5.73 Å². The summed E-state index contributed by atoms with van der Waals surface area (Å²) in [7, 11) is 0. The molecule has 1 nitrogen and oxygen atoms in total. The first kappa shape index (κ1) is 11.7. The summed E-state index contributed by atoms with van der Waals surface area (Å²) in [5.74, 6) is 0. The van der Waals surface area contributed by atoms with Crippen LogP contribution in [0, 0.1) is 6.92 Å². The molecule has 3 rings (SSSR count). The first-order valence-corrected chi connectivity index (χ1v) is 6.94. The van der Waals surface area contributed by atoms with E-state index in [1.807, 2.05) is 0 Å². The number of fused-ring (bicyclic) bond motifs is 1. The molecule has 0 heterocycles. The van der Waals surface area contributed by atoms with Crippen LogP contribution in [0.25, 0.3) is 10.8 Å². The van der Waals surface area contributed by atoms with Gasteiger partial charge >= 0.3 is 0 Å². The summed E-state index contributed by atoms with van der Waals surface area (Å²) in [4.78, 5) is 0. The van der Waals surface area contributed by atoms with Gasteiger partial charge in [-0.1, -0.05) is 54.8 Å². The van der Waals surface area contributed by atoms with E-state index >= 15 is 0 Å². The molecule has 94 valence electrons. The fraction of sp³-hybridized carbons (Fsp3) is 0.412. The number of nitrogens with two attached hydrogens (primary N) is 1. The van der Waals surface area contributed by atoms with E-state index in [0.717, 1.165) is 6.54 Å². The third-order valence-corrected chi connectivity index (χ3v) is 4.56. The van der Waals surface area contributed by atoms with Crippen molar-refractivity contribution >= 4 is 10.8 Å². The van der Waals surface area contributed by atoms with E-state index in [4.69, 9.17) is 5.73 Å². The highest BCUT2D eigenvalue weighted by Crippen LogP contribution is 2.41. The van der Waals surface area contributed by atoms with Crippen molar-refractivity contribution in [2.45, 2.75) is 38.0 Å². The average Bonchev–Trinajstić information content (AvgIpc) is 2.88. The molecule has 0 saturated heterocycles. The number of hydrogen-bond acceptors (Lipinski definition) is 1. The van der Waals surface area contributed by atoms with Gasteiger partial charge in [0, 0.05) is 12.0 Å². The third-order valence-electron chi connectivity index (χ3n) is 4.56. The third kappa shape index (κ3) is 1.83. The molecule has 2 aromatic rings. The van der Waals surface area contributed by atoms with Crippen LogP contribution in [0.2, 0.25) is 0 Å². The molecule has 2 N–H and O–H groups in total. The van der Waals surface area contributed by atoms with Gasteiger partial charge < -0.3 is 5.73 Å². The van der Waals surface area contributed by atoms with Crippen LogP contribution in [0.4, 0.5) is 0 Å². The van der Waals surface area contributed by atoms with Gasteiger partial charge in [0.15, 0.2) is 0 Å². The first-order valence-electron chi connectivity index (χ1n) is 6.94. The normalized spacial score (nSPS) is 18.3. The lowest BCUT2D eigenvalue weighted by Gasteiger charge is -2.28. The standard InChI is InChI=1S/C17H21N/c1-13-4-5-15-11-16(7-6-14(15)10-13)17(12-18)8-2-3-9-17/h4-7,10-11H,2-3,8-9,12,18H2,1H3. The van der Waals surface area contributed by atoms with Crippen molar-refractivity contribution in [3.05, 3.63) is 47.5 Å². The minimum atomic E-state index is 0.249. The monoisotopic (exact) mass is 239 g/mol. The number of benzene rings is 2. The maximum Gasteiger partial charge on any atom is 0.00757 e. The Hall–Kier alpha value is -1.34. The zero-order chi connectivity index (χ0) is 12.6. The molecule has 1 saturated carbocycles. The Morgan fingerprint density at radius 1 is 1.00 bits per heavy atom. The highest BCUT2D eigenvalue weighted by atomic mass is 14.6. The molecule has 0 amide bonds. The van der Waals surface area contributed by atoms with Crippen molar-refractivity contribution in [1.82, 2.24) is 0 Å². The van der Waals surface area contributed by atoms with E-state index < -0.39 is 0 Å². The predicted molar refractivity (Wildman–Crippen MR) is 77.9 cm³/mol. The molecular weight excluding hydrogens is 218 g/mol. The average molecular weight is 239 g/mol. The van der Waals surface area contributed by atoms with Gasteiger partial charge in [-0.15, -0.1) is 0 Å². The molecule has 0 bridgehead atoms. The Morgan fingerprint density at radius 3 is 2.39 bits per heavy atom. The van der Waals surface area contributed by atoms with Crippen LogP contribution in [0.5, 0.6) is 0 Å². The zero-order valence-electron chi connectivity index (χ0n) is 11.1. The van der Waals surface area contributed by atoms with Gasteiger partial charge in [0.2, 0.25) is 0 Å². The van der Waals surface area contributed by atoms with Gasteiger partial charge in [-0.25, -0.2) is 0 Å². The molecule has 0 aliphatic heterocycles. The molecular formula is C17H21N. The van der Waals surface area contributed by atoms with Crippen molar-refractivity contribution in [3.8, 4) is 0 Å². The number of hydrogen-bond donors (Lipinski definition) is 1. The molecule has 0 spiro atoms. The van der Waals surface area contributed by atoms with Crippen LogP contribution in [0.15, 0.2) is 36.4 Å². The van der Waals surface area contributed by atoms with Crippen LogP contribution >= 0.6 is 0 Å². The van der Waals surface area contributed by atoms with Crippen molar-refractivity contribution in [3.63, 3.8) is 0 Å². The predicted octanol–water partition coefficient (Wildman–Crippen LogP) is 3.92.